The second kappa shape index (κ2) is 10.4. The molecule has 0 aromatic heterocycles. The van der Waals surface area contributed by atoms with Gasteiger partial charge in [0.05, 0.1) is 17.5 Å². The number of carbonyl (C=O) groups is 2. The summed E-state index contributed by atoms with van der Waals surface area (Å²) in [7, 11) is 0. The Hall–Kier alpha value is -4.01. The highest BCUT2D eigenvalue weighted by Gasteiger charge is 2.36. The molecule has 3 aromatic carbocycles. The van der Waals surface area contributed by atoms with Gasteiger partial charge in [0, 0.05) is 17.1 Å². The molecule has 0 radical (unpaired) electrons. The SMILES string of the molecule is Cc1ccc(NC(=O)[C@H]2Cc3ccccc3N[C@H]2c2ccc(NC(=O)OC(C)(C)C)cc2)cc1C(F)(F)F. The summed E-state index contributed by atoms with van der Waals surface area (Å²) in [5.74, 6) is -1.00. The zero-order chi connectivity index (χ0) is 27.7. The van der Waals surface area contributed by atoms with Crippen LogP contribution in [0.5, 0.6) is 0 Å². The summed E-state index contributed by atoms with van der Waals surface area (Å²) in [5.41, 5.74) is 1.88. The number of hydrogen-bond acceptors (Lipinski definition) is 4. The molecule has 0 saturated carbocycles. The van der Waals surface area contributed by atoms with Crippen LogP contribution in [0.4, 0.5) is 35.0 Å². The van der Waals surface area contributed by atoms with Crippen molar-refractivity contribution >= 4 is 29.1 Å². The van der Waals surface area contributed by atoms with Crippen LogP contribution in [-0.2, 0) is 22.1 Å². The number of para-hydroxylation sites is 1. The summed E-state index contributed by atoms with van der Waals surface area (Å²) in [4.78, 5) is 25.6. The number of halogens is 3. The zero-order valence-corrected chi connectivity index (χ0v) is 21.6. The number of amides is 2. The van der Waals surface area contributed by atoms with Gasteiger partial charge in [-0.2, -0.15) is 13.2 Å². The highest BCUT2D eigenvalue weighted by molar-refractivity contribution is 5.94. The van der Waals surface area contributed by atoms with E-state index in [0.717, 1.165) is 22.9 Å². The van der Waals surface area contributed by atoms with Crippen molar-refractivity contribution in [2.45, 2.75) is 51.9 Å². The normalized spacial score (nSPS) is 17.1. The van der Waals surface area contributed by atoms with Crippen molar-refractivity contribution in [1.29, 1.82) is 0 Å². The number of alkyl halides is 3. The summed E-state index contributed by atoms with van der Waals surface area (Å²) >= 11 is 0. The second-order valence-corrected chi connectivity index (χ2v) is 10.4. The van der Waals surface area contributed by atoms with Crippen LogP contribution in [0.15, 0.2) is 66.7 Å². The Morgan fingerprint density at radius 1 is 0.921 bits per heavy atom. The van der Waals surface area contributed by atoms with E-state index in [0.29, 0.717) is 12.1 Å². The molecule has 0 saturated heterocycles. The van der Waals surface area contributed by atoms with E-state index in [1.807, 2.05) is 24.3 Å². The molecular formula is C29H30F3N3O3. The number of aryl methyl sites for hydroxylation is 1. The van der Waals surface area contributed by atoms with Gasteiger partial charge in [-0.25, -0.2) is 4.79 Å². The van der Waals surface area contributed by atoms with E-state index in [1.165, 1.54) is 19.1 Å². The van der Waals surface area contributed by atoms with E-state index >= 15 is 0 Å². The number of anilines is 3. The average Bonchev–Trinajstić information content (AvgIpc) is 2.83. The molecule has 1 heterocycles. The third kappa shape index (κ3) is 6.45. The van der Waals surface area contributed by atoms with Crippen LogP contribution in [0.3, 0.4) is 0 Å². The maximum atomic E-state index is 13.4. The van der Waals surface area contributed by atoms with Gasteiger partial charge in [0.2, 0.25) is 5.91 Å². The van der Waals surface area contributed by atoms with Gasteiger partial charge in [0.1, 0.15) is 5.60 Å². The molecule has 0 aliphatic carbocycles. The number of hydrogen-bond donors (Lipinski definition) is 3. The first-order chi connectivity index (χ1) is 17.8. The Morgan fingerprint density at radius 3 is 2.24 bits per heavy atom. The Balaban J connectivity index is 1.58. The maximum Gasteiger partial charge on any atom is 0.416 e. The molecule has 38 heavy (non-hydrogen) atoms. The highest BCUT2D eigenvalue weighted by Crippen LogP contribution is 2.38. The van der Waals surface area contributed by atoms with Crippen molar-refractivity contribution in [1.82, 2.24) is 0 Å². The fourth-order valence-corrected chi connectivity index (χ4v) is 4.46. The van der Waals surface area contributed by atoms with Gasteiger partial charge >= 0.3 is 12.3 Å². The number of benzene rings is 3. The van der Waals surface area contributed by atoms with Crippen LogP contribution in [0, 0.1) is 12.8 Å². The minimum Gasteiger partial charge on any atom is -0.444 e. The number of nitrogens with one attached hydrogen (secondary N) is 3. The van der Waals surface area contributed by atoms with Crippen LogP contribution in [0.25, 0.3) is 0 Å². The molecule has 3 N–H and O–H groups in total. The van der Waals surface area contributed by atoms with E-state index in [-0.39, 0.29) is 11.3 Å². The Morgan fingerprint density at radius 2 is 1.58 bits per heavy atom. The third-order valence-corrected chi connectivity index (χ3v) is 6.23. The van der Waals surface area contributed by atoms with E-state index in [4.69, 9.17) is 4.74 Å². The molecule has 3 aromatic rings. The van der Waals surface area contributed by atoms with Gasteiger partial charge in [0.15, 0.2) is 0 Å². The fraction of sp³-hybridized carbons (Fsp3) is 0.310. The lowest BCUT2D eigenvalue weighted by molar-refractivity contribution is -0.138. The zero-order valence-electron chi connectivity index (χ0n) is 21.6. The van der Waals surface area contributed by atoms with Gasteiger partial charge in [0.25, 0.3) is 0 Å². The van der Waals surface area contributed by atoms with E-state index < -0.39 is 41.3 Å². The van der Waals surface area contributed by atoms with Gasteiger partial charge in [-0.3, -0.25) is 10.1 Å². The molecular weight excluding hydrogens is 495 g/mol. The third-order valence-electron chi connectivity index (χ3n) is 6.23. The molecule has 1 aliphatic rings. The predicted molar refractivity (Wildman–Crippen MR) is 141 cm³/mol. The number of rotatable bonds is 4. The van der Waals surface area contributed by atoms with Crippen LogP contribution < -0.4 is 16.0 Å². The van der Waals surface area contributed by atoms with Crippen molar-refractivity contribution < 1.29 is 27.5 Å². The molecule has 2 amide bonds. The summed E-state index contributed by atoms with van der Waals surface area (Å²) in [6, 6.07) is 18.0. The topological polar surface area (TPSA) is 79.5 Å². The average molecular weight is 526 g/mol. The van der Waals surface area contributed by atoms with Gasteiger partial charge < -0.3 is 15.4 Å². The molecule has 0 fully saturated rings. The van der Waals surface area contributed by atoms with Crippen LogP contribution in [0.1, 0.15) is 49.1 Å². The summed E-state index contributed by atoms with van der Waals surface area (Å²) in [6.07, 6.45) is -4.70. The van der Waals surface area contributed by atoms with Gasteiger partial charge in [-0.05, 0) is 81.1 Å². The largest absolute Gasteiger partial charge is 0.444 e. The molecule has 0 unspecified atom stereocenters. The van der Waals surface area contributed by atoms with Crippen molar-refractivity contribution in [3.8, 4) is 0 Å². The van der Waals surface area contributed by atoms with Crippen molar-refractivity contribution in [3.63, 3.8) is 0 Å². The van der Waals surface area contributed by atoms with E-state index in [2.05, 4.69) is 16.0 Å². The maximum absolute atomic E-state index is 13.4. The minimum absolute atomic E-state index is 0.0849. The van der Waals surface area contributed by atoms with E-state index in [9.17, 15) is 22.8 Å². The van der Waals surface area contributed by atoms with Gasteiger partial charge in [-0.15, -0.1) is 0 Å². The minimum atomic E-state index is -4.52. The molecule has 0 spiro atoms. The number of ether oxygens (including phenoxy) is 1. The van der Waals surface area contributed by atoms with E-state index in [1.54, 1.807) is 45.0 Å². The lowest BCUT2D eigenvalue weighted by atomic mass is 9.83. The first-order valence-corrected chi connectivity index (χ1v) is 12.2. The summed E-state index contributed by atoms with van der Waals surface area (Å²) in [6.45, 7) is 6.70. The van der Waals surface area contributed by atoms with Gasteiger partial charge in [-0.1, -0.05) is 36.4 Å². The molecule has 2 atom stereocenters. The lowest BCUT2D eigenvalue weighted by Gasteiger charge is -2.34. The Bertz CT molecular complexity index is 1330. The number of carbonyl (C=O) groups excluding carboxylic acids is 2. The highest BCUT2D eigenvalue weighted by atomic mass is 19.4. The summed E-state index contributed by atoms with van der Waals surface area (Å²) < 4.78 is 45.5. The van der Waals surface area contributed by atoms with Crippen molar-refractivity contribution in [2.24, 2.45) is 5.92 Å². The van der Waals surface area contributed by atoms with Crippen molar-refractivity contribution in [3.05, 3.63) is 89.0 Å². The molecule has 9 heteroatoms. The van der Waals surface area contributed by atoms with Crippen LogP contribution in [0.2, 0.25) is 0 Å². The smallest absolute Gasteiger partial charge is 0.416 e. The van der Waals surface area contributed by atoms with Crippen LogP contribution in [-0.4, -0.2) is 17.6 Å². The first kappa shape index (κ1) is 27.0. The standard InChI is InChI=1S/C29H30F3N3O3/c1-17-9-12-21(16-23(17)29(30,31)32)33-26(36)22-15-19-7-5-6-8-24(19)35-25(22)18-10-13-20(14-11-18)34-27(37)38-28(2,3)4/h5-14,16,22,25,35H,15H2,1-4H3,(H,33,36)(H,34,37)/t22-,25-/m0/s1. The summed E-state index contributed by atoms with van der Waals surface area (Å²) in [5, 5.41) is 8.78. The molecule has 6 nitrogen and oxygen atoms in total. The lowest BCUT2D eigenvalue weighted by Crippen LogP contribution is -2.37. The monoisotopic (exact) mass is 525 g/mol. The first-order valence-electron chi connectivity index (χ1n) is 12.2. The fourth-order valence-electron chi connectivity index (χ4n) is 4.46. The number of fused-ring (bicyclic) bond motifs is 1. The second-order valence-electron chi connectivity index (χ2n) is 10.4. The molecule has 200 valence electrons. The predicted octanol–water partition coefficient (Wildman–Crippen LogP) is 7.33. The Kier molecular flexibility index (Phi) is 7.40. The molecule has 4 rings (SSSR count). The molecule has 1 aliphatic heterocycles. The molecule has 0 bridgehead atoms. The van der Waals surface area contributed by atoms with Crippen LogP contribution >= 0.6 is 0 Å². The quantitative estimate of drug-likeness (QED) is 0.333. The van der Waals surface area contributed by atoms with Crippen molar-refractivity contribution in [2.75, 3.05) is 16.0 Å². The Labute approximate surface area is 219 Å².